The van der Waals surface area contributed by atoms with Crippen molar-refractivity contribution in [2.24, 2.45) is 68.0 Å². The van der Waals surface area contributed by atoms with Gasteiger partial charge in [0.25, 0.3) is 0 Å². The van der Waals surface area contributed by atoms with Crippen molar-refractivity contribution in [2.45, 2.75) is 210 Å². The number of phenolic OH excluding ortho intramolecular Hbond substituents is 3. The van der Waals surface area contributed by atoms with Crippen molar-refractivity contribution in [1.29, 1.82) is 0 Å². The Morgan fingerprint density at radius 1 is 0.429 bits per heavy atom. The van der Waals surface area contributed by atoms with Gasteiger partial charge < -0.3 is 29.5 Å². The maximum atomic E-state index is 13.2. The monoisotopic (exact) mass is 1110 g/mol. The maximum Gasteiger partial charge on any atom is 0.124 e. The lowest BCUT2D eigenvalue weighted by atomic mass is 9.43. The van der Waals surface area contributed by atoms with Crippen molar-refractivity contribution in [2.75, 3.05) is 38.6 Å². The zero-order valence-corrected chi connectivity index (χ0v) is 52.2. The van der Waals surface area contributed by atoms with Gasteiger partial charge >= 0.3 is 0 Å². The van der Waals surface area contributed by atoms with Gasteiger partial charge in [0.1, 0.15) is 34.5 Å². The molecule has 0 saturated heterocycles. The summed E-state index contributed by atoms with van der Waals surface area (Å²) in [5.74, 6) is 8.96. The Kier molecular flexibility index (Phi) is 14.6. The summed E-state index contributed by atoms with van der Waals surface area (Å²) in [6, 6.07) is 11.1. The highest BCUT2D eigenvalue weighted by Crippen LogP contribution is 2.71. The Hall–Kier alpha value is -2.89. The second kappa shape index (κ2) is 19.6. The van der Waals surface area contributed by atoms with Crippen LogP contribution in [-0.4, -0.2) is 62.3 Å². The highest BCUT2D eigenvalue weighted by Gasteiger charge is 2.64. The average Bonchev–Trinajstić information content (AvgIpc) is 3.50. The summed E-state index contributed by atoms with van der Waals surface area (Å²) in [6.45, 7) is 29.2. The fraction of sp³-hybridized carbons (Fsp3) is 0.727. The summed E-state index contributed by atoms with van der Waals surface area (Å²) in [4.78, 5) is 2.81. The molecule has 6 aliphatic carbocycles. The topological polar surface area (TPSA) is 123 Å². The number of rotatable bonds is 3. The second-order valence-corrected chi connectivity index (χ2v) is 33.6. The standard InChI is InChI=1S/2C22H32O3S.C22H32O2S/c2*1-20(2)8-6-9-21(3)17(20)7-10-22(4)18(21)13-26(24)16-12-14(25-5)11-15(23)19(16)22;1-20(2)8-6-9-21(3)17(20)7-10-22(4)18(21)13-25-16-12-14(24-5)11-15(23)19(16)22/h2*11-12,17-18,23H,6-10,13H2,1-5H3;11-12,17-18,23H,6-10,13H2,1-5H3/t2*17-,18+,21-,22+,26?;17-,18+,21-,22+/m000/s1. The molecule has 426 valence electrons. The van der Waals surface area contributed by atoms with Gasteiger partial charge in [-0.15, -0.1) is 11.8 Å². The Morgan fingerprint density at radius 3 is 1.12 bits per heavy atom. The molecule has 8 nitrogen and oxygen atoms in total. The molecule has 0 amide bonds. The molecule has 12 rings (SSSR count). The van der Waals surface area contributed by atoms with Gasteiger partial charge in [-0.25, -0.2) is 0 Å². The molecule has 14 atom stereocenters. The molecular formula is C66H96O8S3. The Bertz CT molecular complexity index is 2710. The van der Waals surface area contributed by atoms with E-state index in [4.69, 9.17) is 14.2 Å². The van der Waals surface area contributed by atoms with Crippen LogP contribution in [0.4, 0.5) is 0 Å². The Labute approximate surface area is 473 Å². The van der Waals surface area contributed by atoms with E-state index >= 15 is 0 Å². The first kappa shape index (κ1) is 57.3. The van der Waals surface area contributed by atoms with E-state index in [0.29, 0.717) is 80.0 Å². The van der Waals surface area contributed by atoms with E-state index in [0.717, 1.165) is 45.4 Å². The summed E-state index contributed by atoms with van der Waals surface area (Å²) in [6.07, 6.45) is 18.5. The van der Waals surface area contributed by atoms with Crippen LogP contribution < -0.4 is 14.2 Å². The van der Waals surface area contributed by atoms with Crippen LogP contribution in [0, 0.1) is 68.0 Å². The molecule has 3 aliphatic heterocycles. The second-order valence-electron chi connectivity index (χ2n) is 29.6. The third kappa shape index (κ3) is 8.87. The highest BCUT2D eigenvalue weighted by atomic mass is 32.2. The van der Waals surface area contributed by atoms with Crippen molar-refractivity contribution in [1.82, 2.24) is 0 Å². The zero-order valence-electron chi connectivity index (χ0n) is 49.8. The number of hydrogen-bond donors (Lipinski definition) is 3. The van der Waals surface area contributed by atoms with Gasteiger partial charge in [-0.05, 0) is 163 Å². The smallest absolute Gasteiger partial charge is 0.124 e. The molecule has 11 heteroatoms. The van der Waals surface area contributed by atoms with Crippen molar-refractivity contribution >= 4 is 33.4 Å². The minimum atomic E-state index is -1.09. The van der Waals surface area contributed by atoms with Crippen LogP contribution in [0.5, 0.6) is 34.5 Å². The molecule has 0 bridgehead atoms. The lowest BCUT2D eigenvalue weighted by Crippen LogP contribution is -2.59. The molecule has 3 N–H and O–H groups in total. The summed E-state index contributed by atoms with van der Waals surface area (Å²) >= 11 is 1.93. The Balaban J connectivity index is 0.000000131. The van der Waals surface area contributed by atoms with Crippen LogP contribution in [-0.2, 0) is 37.8 Å². The minimum Gasteiger partial charge on any atom is -0.507 e. The number of phenols is 3. The van der Waals surface area contributed by atoms with Crippen LogP contribution >= 0.6 is 11.8 Å². The van der Waals surface area contributed by atoms with Gasteiger partial charge in [-0.3, -0.25) is 8.42 Å². The van der Waals surface area contributed by atoms with E-state index in [1.807, 2.05) is 30.0 Å². The van der Waals surface area contributed by atoms with Gasteiger partial charge in [0, 0.05) is 83.1 Å². The largest absolute Gasteiger partial charge is 0.507 e. The van der Waals surface area contributed by atoms with Gasteiger partial charge in [0.15, 0.2) is 0 Å². The number of benzene rings is 3. The fourth-order valence-electron chi connectivity index (χ4n) is 20.9. The SMILES string of the molecule is COc1cc(O)c2c(c1)S(=O)C[C@@H]1[C@@]3(C)CCCC(C)(C)[C@@H]3CC[C@@]21C.COc1cc(O)c2c(c1)S(=O)C[C@@H]1[C@@]3(C)CCCC(C)(C)[C@@H]3CC[C@@]21C.COc1cc(O)c2c(c1)SC[C@@H]1[C@@]3(C)CCCC(C)(C)[C@@H]3CC[C@@]21C. The quantitative estimate of drug-likeness (QED) is 0.235. The number of methoxy groups -OCH3 is 3. The van der Waals surface area contributed by atoms with Crippen LogP contribution in [0.25, 0.3) is 0 Å². The van der Waals surface area contributed by atoms with Gasteiger partial charge in [0.05, 0.1) is 42.9 Å². The summed E-state index contributed by atoms with van der Waals surface area (Å²) in [5.41, 5.74) is 4.79. The molecule has 9 aliphatic rings. The molecule has 6 fully saturated rings. The van der Waals surface area contributed by atoms with E-state index < -0.39 is 21.6 Å². The molecule has 0 aromatic heterocycles. The normalized spacial score (nSPS) is 40.3. The average molecular weight is 1110 g/mol. The predicted octanol–water partition coefficient (Wildman–Crippen LogP) is 16.1. The molecule has 0 radical (unpaired) electrons. The van der Waals surface area contributed by atoms with Crippen molar-refractivity contribution in [3.63, 3.8) is 0 Å². The fourth-order valence-corrected chi connectivity index (χ4v) is 26.8. The highest BCUT2D eigenvalue weighted by molar-refractivity contribution is 7.99. The Morgan fingerprint density at radius 2 is 0.753 bits per heavy atom. The number of fused-ring (bicyclic) bond motifs is 15. The van der Waals surface area contributed by atoms with E-state index in [1.54, 1.807) is 33.5 Å². The van der Waals surface area contributed by atoms with Gasteiger partial charge in [0.2, 0.25) is 0 Å². The first-order valence-electron chi connectivity index (χ1n) is 29.6. The molecule has 3 heterocycles. The first-order chi connectivity index (χ1) is 36.0. The van der Waals surface area contributed by atoms with Gasteiger partial charge in [-0.1, -0.05) is 102 Å². The molecule has 6 saturated carbocycles. The van der Waals surface area contributed by atoms with Crippen molar-refractivity contribution in [3.05, 3.63) is 53.1 Å². The lowest BCUT2D eigenvalue weighted by molar-refractivity contribution is -0.0982. The van der Waals surface area contributed by atoms with Crippen LogP contribution in [0.3, 0.4) is 0 Å². The zero-order chi connectivity index (χ0) is 55.8. The number of ether oxygens (including phenoxy) is 3. The van der Waals surface area contributed by atoms with E-state index in [9.17, 15) is 23.7 Å². The molecule has 3 aromatic carbocycles. The third-order valence-electron chi connectivity index (χ3n) is 24.5. The summed E-state index contributed by atoms with van der Waals surface area (Å²) in [5, 5.41) is 32.6. The van der Waals surface area contributed by atoms with E-state index in [2.05, 4.69) is 89.2 Å². The van der Waals surface area contributed by atoms with Crippen LogP contribution in [0.2, 0.25) is 0 Å². The first-order valence-corrected chi connectivity index (χ1v) is 33.3. The van der Waals surface area contributed by atoms with E-state index in [1.165, 1.54) is 99.7 Å². The van der Waals surface area contributed by atoms with Crippen LogP contribution in [0.15, 0.2) is 51.1 Å². The molecule has 2 unspecified atom stereocenters. The minimum absolute atomic E-state index is 0.0790. The molecule has 0 spiro atoms. The lowest BCUT2D eigenvalue weighted by Gasteiger charge is -2.64. The summed E-state index contributed by atoms with van der Waals surface area (Å²) in [7, 11) is 2.68. The molecule has 77 heavy (non-hydrogen) atoms. The van der Waals surface area contributed by atoms with Crippen molar-refractivity contribution in [3.8, 4) is 34.5 Å². The third-order valence-corrected chi connectivity index (χ3v) is 28.5. The molecule has 3 aromatic rings. The molecular weight excluding hydrogens is 1020 g/mol. The van der Waals surface area contributed by atoms with Gasteiger partial charge in [-0.2, -0.15) is 0 Å². The maximum absolute atomic E-state index is 13.2. The number of thioether (sulfide) groups is 1. The number of aromatic hydroxyl groups is 3. The van der Waals surface area contributed by atoms with Crippen LogP contribution in [0.1, 0.15) is 196 Å². The summed E-state index contributed by atoms with van der Waals surface area (Å²) < 4.78 is 42.5. The number of hydrogen-bond acceptors (Lipinski definition) is 9. The van der Waals surface area contributed by atoms with Crippen molar-refractivity contribution < 1.29 is 37.9 Å². The van der Waals surface area contributed by atoms with E-state index in [-0.39, 0.29) is 38.6 Å². The predicted molar refractivity (Wildman–Crippen MR) is 315 cm³/mol.